The van der Waals surface area contributed by atoms with Gasteiger partial charge in [-0.3, -0.25) is 4.79 Å². The highest BCUT2D eigenvalue weighted by atomic mass is 16.5. The molecule has 0 atom stereocenters. The monoisotopic (exact) mass is 370 g/mol. The molecular formula is C23H18N2O3. The highest BCUT2D eigenvalue weighted by Gasteiger charge is 2.05. The van der Waals surface area contributed by atoms with Crippen LogP contribution < -0.4 is 4.74 Å². The first-order valence-electron chi connectivity index (χ1n) is 8.85. The Morgan fingerprint density at radius 3 is 2.61 bits per heavy atom. The van der Waals surface area contributed by atoms with Gasteiger partial charge < -0.3 is 13.7 Å². The van der Waals surface area contributed by atoms with Crippen LogP contribution >= 0.6 is 0 Å². The highest BCUT2D eigenvalue weighted by molar-refractivity contribution is 6.06. The van der Waals surface area contributed by atoms with E-state index in [0.29, 0.717) is 23.7 Å². The van der Waals surface area contributed by atoms with Crippen molar-refractivity contribution in [2.24, 2.45) is 0 Å². The van der Waals surface area contributed by atoms with E-state index in [0.717, 1.165) is 11.4 Å². The molecule has 5 nitrogen and oxygen atoms in total. The summed E-state index contributed by atoms with van der Waals surface area (Å²) in [7, 11) is 0. The van der Waals surface area contributed by atoms with Gasteiger partial charge >= 0.3 is 0 Å². The number of imidazole rings is 1. The third-order valence-electron chi connectivity index (χ3n) is 4.16. The van der Waals surface area contributed by atoms with Crippen LogP contribution in [0, 0.1) is 0 Å². The van der Waals surface area contributed by atoms with E-state index in [9.17, 15) is 4.79 Å². The van der Waals surface area contributed by atoms with Crippen LogP contribution in [0.2, 0.25) is 0 Å². The lowest BCUT2D eigenvalue weighted by atomic mass is 10.1. The Balaban J connectivity index is 1.36. The van der Waals surface area contributed by atoms with E-state index in [1.165, 1.54) is 6.08 Å². The quantitative estimate of drug-likeness (QED) is 0.341. The van der Waals surface area contributed by atoms with Crippen molar-refractivity contribution in [3.63, 3.8) is 0 Å². The molecule has 0 N–H and O–H groups in total. The molecule has 0 aliphatic carbocycles. The molecule has 5 heteroatoms. The molecule has 0 aliphatic rings. The Kier molecular flexibility index (Phi) is 5.15. The zero-order chi connectivity index (χ0) is 19.2. The molecule has 28 heavy (non-hydrogen) atoms. The number of nitrogens with zero attached hydrogens (tertiary/aromatic N) is 2. The second kappa shape index (κ2) is 8.22. The first-order valence-corrected chi connectivity index (χ1v) is 8.85. The van der Waals surface area contributed by atoms with Crippen molar-refractivity contribution >= 4 is 11.9 Å². The van der Waals surface area contributed by atoms with Gasteiger partial charge in [0.2, 0.25) is 0 Å². The first kappa shape index (κ1) is 17.5. The van der Waals surface area contributed by atoms with E-state index in [2.05, 4.69) is 4.98 Å². The van der Waals surface area contributed by atoms with Crippen molar-refractivity contribution in [3.05, 3.63) is 109 Å². The standard InChI is InChI=1S/C23H18N2O3/c26-23(18-6-8-19(9-7-18)25-15-14-24-17-25)13-12-21-10-11-22(28-21)16-27-20-4-2-1-3-5-20/h1-15,17H,16H2/b13-12+. The number of aromatic nitrogens is 2. The Morgan fingerprint density at radius 1 is 1.04 bits per heavy atom. The number of benzene rings is 2. The first-order chi connectivity index (χ1) is 13.8. The third-order valence-corrected chi connectivity index (χ3v) is 4.16. The van der Waals surface area contributed by atoms with Crippen LogP contribution in [0.25, 0.3) is 11.8 Å². The molecule has 2 heterocycles. The summed E-state index contributed by atoms with van der Waals surface area (Å²) in [5.41, 5.74) is 1.56. The number of carbonyl (C=O) groups excluding carboxylic acids is 1. The summed E-state index contributed by atoms with van der Waals surface area (Å²) in [5.74, 6) is 2.00. The molecule has 2 aromatic heterocycles. The van der Waals surface area contributed by atoms with Gasteiger partial charge in [-0.1, -0.05) is 18.2 Å². The molecule has 0 radical (unpaired) electrons. The molecule has 4 rings (SSSR count). The van der Waals surface area contributed by atoms with Crippen molar-refractivity contribution in [2.45, 2.75) is 6.61 Å². The molecule has 138 valence electrons. The number of ketones is 1. The lowest BCUT2D eigenvalue weighted by molar-refractivity contribution is 0.104. The van der Waals surface area contributed by atoms with E-state index < -0.39 is 0 Å². The molecule has 0 saturated carbocycles. The van der Waals surface area contributed by atoms with Crippen molar-refractivity contribution in [1.82, 2.24) is 9.55 Å². The van der Waals surface area contributed by atoms with Gasteiger partial charge in [-0.15, -0.1) is 0 Å². The third kappa shape index (κ3) is 4.27. The molecule has 0 bridgehead atoms. The zero-order valence-corrected chi connectivity index (χ0v) is 15.1. The van der Waals surface area contributed by atoms with Gasteiger partial charge in [-0.2, -0.15) is 0 Å². The molecular weight excluding hydrogens is 352 g/mol. The molecule has 0 amide bonds. The van der Waals surface area contributed by atoms with Gasteiger partial charge in [0.25, 0.3) is 0 Å². The summed E-state index contributed by atoms with van der Waals surface area (Å²) in [6.07, 6.45) is 8.45. The largest absolute Gasteiger partial charge is 0.486 e. The van der Waals surface area contributed by atoms with Gasteiger partial charge in [-0.05, 0) is 60.7 Å². The van der Waals surface area contributed by atoms with Crippen molar-refractivity contribution in [3.8, 4) is 11.4 Å². The van der Waals surface area contributed by atoms with Gasteiger partial charge in [0.1, 0.15) is 23.9 Å². The molecule has 2 aromatic carbocycles. The number of furan rings is 1. The lowest BCUT2D eigenvalue weighted by Gasteiger charge is -2.03. The van der Waals surface area contributed by atoms with Gasteiger partial charge in [0.05, 0.1) is 6.33 Å². The van der Waals surface area contributed by atoms with Crippen LogP contribution in [0.15, 0.2) is 95.9 Å². The molecule has 4 aromatic rings. The number of carbonyl (C=O) groups is 1. The second-order valence-corrected chi connectivity index (χ2v) is 6.12. The van der Waals surface area contributed by atoms with E-state index in [-0.39, 0.29) is 5.78 Å². The maximum atomic E-state index is 12.4. The molecule has 0 fully saturated rings. The fourth-order valence-corrected chi connectivity index (χ4v) is 2.70. The van der Waals surface area contributed by atoms with Crippen LogP contribution in [-0.2, 0) is 6.61 Å². The fraction of sp³-hybridized carbons (Fsp3) is 0.0435. The number of hydrogen-bond acceptors (Lipinski definition) is 4. The normalized spacial score (nSPS) is 11.0. The summed E-state index contributed by atoms with van der Waals surface area (Å²) >= 11 is 0. The van der Waals surface area contributed by atoms with Crippen LogP contribution in [0.5, 0.6) is 5.75 Å². The molecule has 0 unspecified atom stereocenters. The van der Waals surface area contributed by atoms with E-state index in [1.807, 2.05) is 65.4 Å². The number of ether oxygens (including phenoxy) is 1. The minimum Gasteiger partial charge on any atom is -0.486 e. The maximum absolute atomic E-state index is 12.4. The summed E-state index contributed by atoms with van der Waals surface area (Å²) < 4.78 is 13.2. The van der Waals surface area contributed by atoms with E-state index in [1.54, 1.807) is 30.7 Å². The van der Waals surface area contributed by atoms with Crippen LogP contribution in [0.4, 0.5) is 0 Å². The Labute approximate surface area is 162 Å². The van der Waals surface area contributed by atoms with Crippen molar-refractivity contribution < 1.29 is 13.9 Å². The lowest BCUT2D eigenvalue weighted by Crippen LogP contribution is -1.96. The number of allylic oxidation sites excluding steroid dienone is 1. The summed E-state index contributed by atoms with van der Waals surface area (Å²) in [5, 5.41) is 0. The SMILES string of the molecule is O=C(/C=C/c1ccc(COc2ccccc2)o1)c1ccc(-n2ccnc2)cc1. The smallest absolute Gasteiger partial charge is 0.185 e. The Morgan fingerprint density at radius 2 is 1.86 bits per heavy atom. The average Bonchev–Trinajstić information content (AvgIpc) is 3.44. The number of hydrogen-bond donors (Lipinski definition) is 0. The van der Waals surface area contributed by atoms with E-state index in [4.69, 9.17) is 9.15 Å². The average molecular weight is 370 g/mol. The van der Waals surface area contributed by atoms with Gasteiger partial charge in [-0.25, -0.2) is 4.98 Å². The summed E-state index contributed by atoms with van der Waals surface area (Å²) in [6.45, 7) is 0.335. The number of rotatable bonds is 7. The summed E-state index contributed by atoms with van der Waals surface area (Å²) in [6, 6.07) is 20.6. The van der Waals surface area contributed by atoms with Gasteiger partial charge in [0.15, 0.2) is 5.78 Å². The Hall–Kier alpha value is -3.86. The molecule has 0 saturated heterocycles. The summed E-state index contributed by atoms with van der Waals surface area (Å²) in [4.78, 5) is 16.4. The van der Waals surface area contributed by atoms with Crippen LogP contribution in [-0.4, -0.2) is 15.3 Å². The van der Waals surface area contributed by atoms with Crippen LogP contribution in [0.3, 0.4) is 0 Å². The van der Waals surface area contributed by atoms with Crippen molar-refractivity contribution in [1.29, 1.82) is 0 Å². The highest BCUT2D eigenvalue weighted by Crippen LogP contribution is 2.15. The van der Waals surface area contributed by atoms with Gasteiger partial charge in [0, 0.05) is 23.6 Å². The fourth-order valence-electron chi connectivity index (χ4n) is 2.70. The topological polar surface area (TPSA) is 57.3 Å². The zero-order valence-electron chi connectivity index (χ0n) is 15.1. The van der Waals surface area contributed by atoms with Crippen LogP contribution in [0.1, 0.15) is 21.9 Å². The Bertz CT molecular complexity index is 1060. The molecule has 0 aliphatic heterocycles. The second-order valence-electron chi connectivity index (χ2n) is 6.12. The van der Waals surface area contributed by atoms with Crippen molar-refractivity contribution in [2.75, 3.05) is 0 Å². The predicted molar refractivity (Wildman–Crippen MR) is 106 cm³/mol. The predicted octanol–water partition coefficient (Wildman–Crippen LogP) is 4.94. The minimum absolute atomic E-state index is 0.0873. The number of para-hydroxylation sites is 1. The van der Waals surface area contributed by atoms with E-state index >= 15 is 0 Å². The molecule has 0 spiro atoms. The minimum atomic E-state index is -0.0873. The maximum Gasteiger partial charge on any atom is 0.185 e.